The number of rotatable bonds is 3. The van der Waals surface area contributed by atoms with Crippen LogP contribution in [0.5, 0.6) is 0 Å². The molecule has 1 fully saturated rings. The molecule has 0 atom stereocenters. The Morgan fingerprint density at radius 1 is 1.26 bits per heavy atom. The normalized spacial score (nSPS) is 16.0. The molecular formula is C15H23ClN2O. The number of carbonyl (C=O) groups is 1. The van der Waals surface area contributed by atoms with Gasteiger partial charge < -0.3 is 10.2 Å². The maximum absolute atomic E-state index is 12.3. The van der Waals surface area contributed by atoms with E-state index in [9.17, 15) is 4.79 Å². The number of nitrogens with one attached hydrogen (secondary N) is 1. The number of carbonyl (C=O) groups excluding carboxylic acids is 1. The zero-order valence-corrected chi connectivity index (χ0v) is 12.5. The minimum absolute atomic E-state index is 0. The molecule has 0 aliphatic carbocycles. The summed E-state index contributed by atoms with van der Waals surface area (Å²) in [4.78, 5) is 14.3. The summed E-state index contributed by atoms with van der Waals surface area (Å²) in [5.74, 6) is 0.898. The molecule has 4 heteroatoms. The predicted octanol–water partition coefficient (Wildman–Crippen LogP) is 2.49. The lowest BCUT2D eigenvalue weighted by atomic mass is 9.96. The molecule has 0 radical (unpaired) electrons. The fourth-order valence-electron chi connectivity index (χ4n) is 2.51. The SMILES string of the molecule is CNCC1CCN(C(=O)c2ccc(C)cc2)CC1.Cl. The second kappa shape index (κ2) is 7.51. The Hall–Kier alpha value is -1.06. The van der Waals surface area contributed by atoms with Crippen molar-refractivity contribution >= 4 is 18.3 Å². The molecule has 1 heterocycles. The van der Waals surface area contributed by atoms with E-state index in [2.05, 4.69) is 5.32 Å². The van der Waals surface area contributed by atoms with E-state index >= 15 is 0 Å². The molecule has 1 aliphatic heterocycles. The molecule has 0 aromatic heterocycles. The van der Waals surface area contributed by atoms with Gasteiger partial charge in [-0.1, -0.05) is 17.7 Å². The zero-order valence-electron chi connectivity index (χ0n) is 11.7. The number of piperidine rings is 1. The van der Waals surface area contributed by atoms with E-state index in [-0.39, 0.29) is 18.3 Å². The van der Waals surface area contributed by atoms with Crippen molar-refractivity contribution in [2.24, 2.45) is 5.92 Å². The van der Waals surface area contributed by atoms with Gasteiger partial charge in [-0.15, -0.1) is 12.4 Å². The van der Waals surface area contributed by atoms with Gasteiger partial charge in [-0.05, 0) is 51.4 Å². The van der Waals surface area contributed by atoms with E-state index in [0.29, 0.717) is 0 Å². The fraction of sp³-hybridized carbons (Fsp3) is 0.533. The van der Waals surface area contributed by atoms with Gasteiger partial charge in [-0.25, -0.2) is 0 Å². The van der Waals surface area contributed by atoms with E-state index in [4.69, 9.17) is 0 Å². The molecular weight excluding hydrogens is 260 g/mol. The summed E-state index contributed by atoms with van der Waals surface area (Å²) in [7, 11) is 1.99. The topological polar surface area (TPSA) is 32.3 Å². The highest BCUT2D eigenvalue weighted by molar-refractivity contribution is 5.94. The average molecular weight is 283 g/mol. The first-order valence-corrected chi connectivity index (χ1v) is 6.71. The van der Waals surface area contributed by atoms with Crippen LogP contribution in [-0.2, 0) is 0 Å². The van der Waals surface area contributed by atoms with Gasteiger partial charge in [0.1, 0.15) is 0 Å². The van der Waals surface area contributed by atoms with E-state index in [1.54, 1.807) is 0 Å². The van der Waals surface area contributed by atoms with E-state index in [1.165, 1.54) is 5.56 Å². The fourth-order valence-corrected chi connectivity index (χ4v) is 2.51. The molecule has 2 rings (SSSR count). The van der Waals surface area contributed by atoms with Crippen molar-refractivity contribution in [2.45, 2.75) is 19.8 Å². The minimum atomic E-state index is 0. The first kappa shape index (κ1) is 16.0. The van der Waals surface area contributed by atoms with Crippen molar-refractivity contribution in [2.75, 3.05) is 26.7 Å². The van der Waals surface area contributed by atoms with Gasteiger partial charge in [0.2, 0.25) is 0 Å². The van der Waals surface area contributed by atoms with Crippen molar-refractivity contribution in [3.05, 3.63) is 35.4 Å². The average Bonchev–Trinajstić information content (AvgIpc) is 2.40. The smallest absolute Gasteiger partial charge is 0.253 e. The van der Waals surface area contributed by atoms with Crippen molar-refractivity contribution in [3.63, 3.8) is 0 Å². The van der Waals surface area contributed by atoms with Gasteiger partial charge in [0.15, 0.2) is 0 Å². The van der Waals surface area contributed by atoms with Crippen molar-refractivity contribution < 1.29 is 4.79 Å². The first-order valence-electron chi connectivity index (χ1n) is 6.71. The second-order valence-electron chi connectivity index (χ2n) is 5.16. The van der Waals surface area contributed by atoms with Crippen LogP contribution < -0.4 is 5.32 Å². The number of amides is 1. The third-order valence-electron chi connectivity index (χ3n) is 3.69. The maximum atomic E-state index is 12.3. The van der Waals surface area contributed by atoms with Gasteiger partial charge in [0.05, 0.1) is 0 Å². The second-order valence-corrected chi connectivity index (χ2v) is 5.16. The largest absolute Gasteiger partial charge is 0.339 e. The molecule has 0 spiro atoms. The first-order chi connectivity index (χ1) is 8.70. The number of nitrogens with zero attached hydrogens (tertiary/aromatic N) is 1. The highest BCUT2D eigenvalue weighted by Crippen LogP contribution is 2.18. The number of likely N-dealkylation sites (tertiary alicyclic amines) is 1. The number of hydrogen-bond donors (Lipinski definition) is 1. The highest BCUT2D eigenvalue weighted by Gasteiger charge is 2.22. The van der Waals surface area contributed by atoms with E-state index in [0.717, 1.165) is 44.0 Å². The van der Waals surface area contributed by atoms with Crippen LogP contribution in [0.3, 0.4) is 0 Å². The zero-order chi connectivity index (χ0) is 13.0. The summed E-state index contributed by atoms with van der Waals surface area (Å²) < 4.78 is 0. The summed E-state index contributed by atoms with van der Waals surface area (Å²) in [6, 6.07) is 7.86. The van der Waals surface area contributed by atoms with Crippen LogP contribution in [-0.4, -0.2) is 37.5 Å². The third-order valence-corrected chi connectivity index (χ3v) is 3.69. The van der Waals surface area contributed by atoms with Crippen LogP contribution in [0.25, 0.3) is 0 Å². The standard InChI is InChI=1S/C15H22N2O.ClH/c1-12-3-5-14(6-4-12)15(18)17-9-7-13(8-10-17)11-16-2;/h3-6,13,16H,7-11H2,1-2H3;1H. The number of benzene rings is 1. The molecule has 1 aromatic carbocycles. The third kappa shape index (κ3) is 4.22. The Labute approximate surface area is 121 Å². The molecule has 1 saturated heterocycles. The maximum Gasteiger partial charge on any atom is 0.253 e. The van der Waals surface area contributed by atoms with Crippen LogP contribution in [0.2, 0.25) is 0 Å². The summed E-state index contributed by atoms with van der Waals surface area (Å²) >= 11 is 0. The van der Waals surface area contributed by atoms with Gasteiger partial charge >= 0.3 is 0 Å². The van der Waals surface area contributed by atoms with Crippen LogP contribution in [0.1, 0.15) is 28.8 Å². The van der Waals surface area contributed by atoms with E-state index in [1.807, 2.05) is 43.1 Å². The summed E-state index contributed by atoms with van der Waals surface area (Å²) in [5, 5.41) is 3.22. The number of hydrogen-bond acceptors (Lipinski definition) is 2. The highest BCUT2D eigenvalue weighted by atomic mass is 35.5. The lowest BCUT2D eigenvalue weighted by Crippen LogP contribution is -2.40. The van der Waals surface area contributed by atoms with Crippen LogP contribution in [0, 0.1) is 12.8 Å². The van der Waals surface area contributed by atoms with Gasteiger partial charge in [-0.2, -0.15) is 0 Å². The molecule has 106 valence electrons. The Bertz CT molecular complexity index is 397. The van der Waals surface area contributed by atoms with Crippen LogP contribution >= 0.6 is 12.4 Å². The minimum Gasteiger partial charge on any atom is -0.339 e. The Balaban J connectivity index is 0.00000180. The van der Waals surface area contributed by atoms with Gasteiger partial charge in [-0.3, -0.25) is 4.79 Å². The predicted molar refractivity (Wildman–Crippen MR) is 81.0 cm³/mol. The van der Waals surface area contributed by atoms with Gasteiger partial charge in [0, 0.05) is 18.7 Å². The summed E-state index contributed by atoms with van der Waals surface area (Å²) in [6.07, 6.45) is 2.22. The molecule has 1 N–H and O–H groups in total. The summed E-state index contributed by atoms with van der Waals surface area (Å²) in [6.45, 7) is 4.88. The van der Waals surface area contributed by atoms with Crippen LogP contribution in [0.4, 0.5) is 0 Å². The molecule has 0 saturated carbocycles. The number of aryl methyl sites for hydroxylation is 1. The quantitative estimate of drug-likeness (QED) is 0.924. The monoisotopic (exact) mass is 282 g/mol. The van der Waals surface area contributed by atoms with Gasteiger partial charge in [0.25, 0.3) is 5.91 Å². The lowest BCUT2D eigenvalue weighted by molar-refractivity contribution is 0.0691. The summed E-state index contributed by atoms with van der Waals surface area (Å²) in [5.41, 5.74) is 2.01. The molecule has 1 amide bonds. The van der Waals surface area contributed by atoms with Crippen molar-refractivity contribution in [1.29, 1.82) is 0 Å². The molecule has 0 unspecified atom stereocenters. The van der Waals surface area contributed by atoms with Crippen molar-refractivity contribution in [3.8, 4) is 0 Å². The Kier molecular flexibility index (Phi) is 6.32. The lowest BCUT2D eigenvalue weighted by Gasteiger charge is -2.32. The molecule has 1 aromatic rings. The van der Waals surface area contributed by atoms with Crippen LogP contribution in [0.15, 0.2) is 24.3 Å². The molecule has 1 aliphatic rings. The molecule has 0 bridgehead atoms. The Morgan fingerprint density at radius 3 is 2.37 bits per heavy atom. The van der Waals surface area contributed by atoms with E-state index < -0.39 is 0 Å². The Morgan fingerprint density at radius 2 is 1.84 bits per heavy atom. The number of halogens is 1. The molecule has 19 heavy (non-hydrogen) atoms. The van der Waals surface area contributed by atoms with Crippen molar-refractivity contribution in [1.82, 2.24) is 10.2 Å². The molecule has 3 nitrogen and oxygen atoms in total.